The van der Waals surface area contributed by atoms with E-state index in [1.54, 1.807) is 18.3 Å². The Morgan fingerprint density at radius 2 is 2.17 bits per heavy atom. The fourth-order valence-electron chi connectivity index (χ4n) is 2.00. The standard InChI is InChI=1S/C11H13N5OS/c1-6-12-9(16-15-6)10(17)14-11-13-7-4-2-3-5-8(7)18-11/h2-5H2,1H3,(H,12,15,16)(H,13,14,17). The Kier molecular flexibility index (Phi) is 2.83. The zero-order valence-corrected chi connectivity index (χ0v) is 10.8. The molecule has 94 valence electrons. The number of hydrogen-bond donors (Lipinski definition) is 2. The van der Waals surface area contributed by atoms with Crippen LogP contribution in [0.3, 0.4) is 0 Å². The van der Waals surface area contributed by atoms with Crippen molar-refractivity contribution in [2.45, 2.75) is 32.6 Å². The number of nitrogens with zero attached hydrogens (tertiary/aromatic N) is 3. The number of aromatic amines is 1. The molecule has 6 nitrogen and oxygen atoms in total. The van der Waals surface area contributed by atoms with Gasteiger partial charge in [0.25, 0.3) is 5.91 Å². The Labute approximate surface area is 108 Å². The molecule has 1 amide bonds. The van der Waals surface area contributed by atoms with Gasteiger partial charge in [-0.1, -0.05) is 0 Å². The van der Waals surface area contributed by atoms with E-state index in [2.05, 4.69) is 25.5 Å². The van der Waals surface area contributed by atoms with Gasteiger partial charge in [-0.05, 0) is 32.6 Å². The van der Waals surface area contributed by atoms with Crippen molar-refractivity contribution in [1.82, 2.24) is 20.2 Å². The lowest BCUT2D eigenvalue weighted by Gasteiger charge is -2.06. The molecule has 0 atom stereocenters. The number of rotatable bonds is 2. The Bertz CT molecular complexity index is 565. The van der Waals surface area contributed by atoms with Gasteiger partial charge in [-0.3, -0.25) is 15.2 Å². The van der Waals surface area contributed by atoms with Gasteiger partial charge in [-0.15, -0.1) is 16.4 Å². The molecule has 7 heteroatoms. The second kappa shape index (κ2) is 4.49. The number of hydrogen-bond acceptors (Lipinski definition) is 5. The number of aromatic nitrogens is 4. The van der Waals surface area contributed by atoms with Crippen LogP contribution in [0.25, 0.3) is 0 Å². The minimum Gasteiger partial charge on any atom is -0.295 e. The number of thiazole rings is 1. The summed E-state index contributed by atoms with van der Waals surface area (Å²) in [5, 5.41) is 9.87. The molecule has 2 N–H and O–H groups in total. The van der Waals surface area contributed by atoms with Crippen LogP contribution >= 0.6 is 11.3 Å². The molecule has 3 rings (SSSR count). The van der Waals surface area contributed by atoms with Crippen molar-refractivity contribution in [3.8, 4) is 0 Å². The Morgan fingerprint density at radius 3 is 2.89 bits per heavy atom. The van der Waals surface area contributed by atoms with Crippen LogP contribution in [0.5, 0.6) is 0 Å². The number of nitrogens with one attached hydrogen (secondary N) is 2. The van der Waals surface area contributed by atoms with Crippen molar-refractivity contribution >= 4 is 22.4 Å². The molecule has 18 heavy (non-hydrogen) atoms. The van der Waals surface area contributed by atoms with E-state index in [1.165, 1.54) is 17.7 Å². The maximum absolute atomic E-state index is 11.9. The van der Waals surface area contributed by atoms with Crippen LogP contribution in [0, 0.1) is 6.92 Å². The highest BCUT2D eigenvalue weighted by molar-refractivity contribution is 7.15. The van der Waals surface area contributed by atoms with Gasteiger partial charge in [0.2, 0.25) is 5.82 Å². The maximum Gasteiger partial charge on any atom is 0.297 e. The third-order valence-electron chi connectivity index (χ3n) is 2.87. The highest BCUT2D eigenvalue weighted by atomic mass is 32.1. The van der Waals surface area contributed by atoms with Crippen LogP contribution < -0.4 is 5.32 Å². The first-order chi connectivity index (χ1) is 8.72. The number of amides is 1. The van der Waals surface area contributed by atoms with Crippen molar-refractivity contribution in [3.05, 3.63) is 22.2 Å². The fraction of sp³-hybridized carbons (Fsp3) is 0.455. The number of fused-ring (bicyclic) bond motifs is 1. The molecule has 2 aromatic rings. The molecule has 0 bridgehead atoms. The number of H-pyrrole nitrogens is 1. The Morgan fingerprint density at radius 1 is 1.33 bits per heavy atom. The minimum absolute atomic E-state index is 0.153. The normalized spacial score (nSPS) is 14.3. The first-order valence-corrected chi connectivity index (χ1v) is 6.73. The number of aryl methyl sites for hydroxylation is 3. The van der Waals surface area contributed by atoms with Gasteiger partial charge in [0, 0.05) is 4.88 Å². The number of anilines is 1. The number of carbonyl (C=O) groups is 1. The molecule has 0 aromatic carbocycles. The van der Waals surface area contributed by atoms with Crippen LogP contribution in [-0.4, -0.2) is 26.1 Å². The molecular weight excluding hydrogens is 250 g/mol. The predicted molar refractivity (Wildman–Crippen MR) is 67.8 cm³/mol. The van der Waals surface area contributed by atoms with Gasteiger partial charge in [0.05, 0.1) is 5.69 Å². The van der Waals surface area contributed by atoms with Crippen LogP contribution in [0.15, 0.2) is 0 Å². The quantitative estimate of drug-likeness (QED) is 0.863. The average Bonchev–Trinajstić information content (AvgIpc) is 2.94. The van der Waals surface area contributed by atoms with E-state index in [0.717, 1.165) is 18.5 Å². The van der Waals surface area contributed by atoms with Crippen LogP contribution in [0.1, 0.15) is 39.9 Å². The SMILES string of the molecule is Cc1nc(C(=O)Nc2nc3c(s2)CCCC3)n[nH]1. The minimum atomic E-state index is -0.314. The van der Waals surface area contributed by atoms with E-state index >= 15 is 0 Å². The summed E-state index contributed by atoms with van der Waals surface area (Å²) in [6, 6.07) is 0. The molecule has 0 saturated carbocycles. The van der Waals surface area contributed by atoms with Gasteiger partial charge >= 0.3 is 0 Å². The van der Waals surface area contributed by atoms with Crippen molar-refractivity contribution < 1.29 is 4.79 Å². The monoisotopic (exact) mass is 263 g/mol. The first-order valence-electron chi connectivity index (χ1n) is 5.91. The van der Waals surface area contributed by atoms with Crippen molar-refractivity contribution in [2.24, 2.45) is 0 Å². The maximum atomic E-state index is 11.9. The molecule has 0 saturated heterocycles. The van der Waals surface area contributed by atoms with E-state index in [4.69, 9.17) is 0 Å². The third-order valence-corrected chi connectivity index (χ3v) is 3.94. The molecular formula is C11H13N5OS. The molecule has 1 aliphatic rings. The average molecular weight is 263 g/mol. The molecule has 0 radical (unpaired) electrons. The molecule has 2 aromatic heterocycles. The van der Waals surface area contributed by atoms with E-state index in [9.17, 15) is 4.79 Å². The van der Waals surface area contributed by atoms with Crippen molar-refractivity contribution in [2.75, 3.05) is 5.32 Å². The highest BCUT2D eigenvalue weighted by Gasteiger charge is 2.18. The summed E-state index contributed by atoms with van der Waals surface area (Å²) >= 11 is 1.56. The summed E-state index contributed by atoms with van der Waals surface area (Å²) in [4.78, 5) is 21.6. The lowest BCUT2D eigenvalue weighted by molar-refractivity contribution is 0.101. The van der Waals surface area contributed by atoms with Gasteiger partial charge in [-0.2, -0.15) is 0 Å². The zero-order chi connectivity index (χ0) is 12.5. The Hall–Kier alpha value is -1.76. The van der Waals surface area contributed by atoms with E-state index in [1.807, 2.05) is 0 Å². The third kappa shape index (κ3) is 2.13. The molecule has 0 unspecified atom stereocenters. The summed E-state index contributed by atoms with van der Waals surface area (Å²) in [7, 11) is 0. The lowest BCUT2D eigenvalue weighted by atomic mass is 10.0. The second-order valence-electron chi connectivity index (χ2n) is 4.29. The van der Waals surface area contributed by atoms with E-state index in [-0.39, 0.29) is 11.7 Å². The molecule has 0 spiro atoms. The summed E-state index contributed by atoms with van der Waals surface area (Å²) in [5.41, 5.74) is 1.13. The van der Waals surface area contributed by atoms with Crippen LogP contribution in [0.4, 0.5) is 5.13 Å². The van der Waals surface area contributed by atoms with Crippen molar-refractivity contribution in [3.63, 3.8) is 0 Å². The smallest absolute Gasteiger partial charge is 0.295 e. The summed E-state index contributed by atoms with van der Waals surface area (Å²) in [5.74, 6) is 0.463. The van der Waals surface area contributed by atoms with Gasteiger partial charge in [0.1, 0.15) is 5.82 Å². The fourth-order valence-corrected chi connectivity index (χ4v) is 3.05. The van der Waals surface area contributed by atoms with Gasteiger partial charge in [-0.25, -0.2) is 9.97 Å². The largest absolute Gasteiger partial charge is 0.297 e. The molecule has 0 aliphatic heterocycles. The van der Waals surface area contributed by atoms with Crippen LogP contribution in [-0.2, 0) is 12.8 Å². The van der Waals surface area contributed by atoms with Gasteiger partial charge in [0.15, 0.2) is 5.13 Å². The van der Waals surface area contributed by atoms with Crippen LogP contribution in [0.2, 0.25) is 0 Å². The molecule has 0 fully saturated rings. The van der Waals surface area contributed by atoms with E-state index in [0.29, 0.717) is 11.0 Å². The van der Waals surface area contributed by atoms with E-state index < -0.39 is 0 Å². The lowest BCUT2D eigenvalue weighted by Crippen LogP contribution is -2.13. The topological polar surface area (TPSA) is 83.6 Å². The molecule has 2 heterocycles. The highest BCUT2D eigenvalue weighted by Crippen LogP contribution is 2.29. The zero-order valence-electron chi connectivity index (χ0n) is 9.99. The van der Waals surface area contributed by atoms with Crippen molar-refractivity contribution in [1.29, 1.82) is 0 Å². The molecule has 1 aliphatic carbocycles. The summed E-state index contributed by atoms with van der Waals surface area (Å²) in [6.07, 6.45) is 4.48. The summed E-state index contributed by atoms with van der Waals surface area (Å²) in [6.45, 7) is 1.76. The number of carbonyl (C=O) groups excluding carboxylic acids is 1. The summed E-state index contributed by atoms with van der Waals surface area (Å²) < 4.78 is 0. The second-order valence-corrected chi connectivity index (χ2v) is 5.38. The predicted octanol–water partition coefficient (Wildman–Crippen LogP) is 1.70. The Balaban J connectivity index is 1.76. The first kappa shape index (κ1) is 11.3. The van der Waals surface area contributed by atoms with Gasteiger partial charge < -0.3 is 0 Å².